The Bertz CT molecular complexity index is 613. The van der Waals surface area contributed by atoms with E-state index in [0.717, 1.165) is 6.07 Å². The molecule has 1 heterocycles. The standard InChI is InChI=1S/C14H15BrF2N2O/c1-8(2)19-14(11(15)7-18-19)13(20)5-9-3-4-10(16)6-12(9)17/h3-4,6-8,13,20H,5H2,1-2H3. The highest BCUT2D eigenvalue weighted by atomic mass is 79.9. The number of aromatic nitrogens is 2. The first kappa shape index (κ1) is 15.1. The molecular weight excluding hydrogens is 330 g/mol. The Kier molecular flexibility index (Phi) is 4.55. The monoisotopic (exact) mass is 344 g/mol. The fraction of sp³-hybridized carbons (Fsp3) is 0.357. The highest BCUT2D eigenvalue weighted by molar-refractivity contribution is 9.10. The fourth-order valence-corrected chi connectivity index (χ4v) is 2.60. The van der Waals surface area contributed by atoms with E-state index in [0.29, 0.717) is 10.2 Å². The van der Waals surface area contributed by atoms with E-state index in [2.05, 4.69) is 21.0 Å². The minimum Gasteiger partial charge on any atom is -0.386 e. The predicted molar refractivity (Wildman–Crippen MR) is 75.3 cm³/mol. The Balaban J connectivity index is 2.28. The summed E-state index contributed by atoms with van der Waals surface area (Å²) < 4.78 is 28.8. The second-order valence-corrected chi connectivity index (χ2v) is 5.73. The van der Waals surface area contributed by atoms with Gasteiger partial charge in [0.05, 0.1) is 16.4 Å². The van der Waals surface area contributed by atoms with Crippen LogP contribution in [-0.4, -0.2) is 14.9 Å². The Hall–Kier alpha value is -1.27. The van der Waals surface area contributed by atoms with Gasteiger partial charge in [0.25, 0.3) is 0 Å². The quantitative estimate of drug-likeness (QED) is 0.916. The molecule has 108 valence electrons. The second-order valence-electron chi connectivity index (χ2n) is 4.87. The first-order chi connectivity index (χ1) is 9.40. The largest absolute Gasteiger partial charge is 0.386 e. The number of nitrogens with zero attached hydrogens (tertiary/aromatic N) is 2. The van der Waals surface area contributed by atoms with E-state index in [9.17, 15) is 13.9 Å². The zero-order valence-corrected chi connectivity index (χ0v) is 12.7. The number of benzene rings is 1. The third-order valence-corrected chi connectivity index (χ3v) is 3.63. The molecule has 0 aliphatic carbocycles. The number of aliphatic hydroxyl groups excluding tert-OH is 1. The van der Waals surface area contributed by atoms with Crippen molar-refractivity contribution in [3.63, 3.8) is 0 Å². The van der Waals surface area contributed by atoms with Gasteiger partial charge in [0.15, 0.2) is 0 Å². The second kappa shape index (κ2) is 6.01. The first-order valence-electron chi connectivity index (χ1n) is 6.25. The minimum atomic E-state index is -0.922. The molecule has 0 aliphatic rings. The van der Waals surface area contributed by atoms with Crippen molar-refractivity contribution in [3.05, 3.63) is 51.8 Å². The maximum atomic E-state index is 13.6. The third kappa shape index (κ3) is 3.07. The van der Waals surface area contributed by atoms with E-state index in [1.807, 2.05) is 13.8 Å². The Morgan fingerprint density at radius 3 is 2.65 bits per heavy atom. The molecule has 0 bridgehead atoms. The van der Waals surface area contributed by atoms with Crippen LogP contribution in [0.1, 0.15) is 37.3 Å². The molecule has 0 spiro atoms. The Labute approximate surface area is 124 Å². The van der Waals surface area contributed by atoms with Crippen LogP contribution in [0.25, 0.3) is 0 Å². The lowest BCUT2D eigenvalue weighted by Gasteiger charge is -2.17. The first-order valence-corrected chi connectivity index (χ1v) is 7.04. The Morgan fingerprint density at radius 2 is 2.05 bits per heavy atom. The van der Waals surface area contributed by atoms with Crippen molar-refractivity contribution in [1.29, 1.82) is 0 Å². The number of halogens is 3. The van der Waals surface area contributed by atoms with E-state index in [-0.39, 0.29) is 18.0 Å². The average Bonchev–Trinajstić information content (AvgIpc) is 2.75. The molecule has 1 aromatic carbocycles. The lowest BCUT2D eigenvalue weighted by Crippen LogP contribution is -2.14. The molecular formula is C14H15BrF2N2O. The summed E-state index contributed by atoms with van der Waals surface area (Å²) in [6.07, 6.45) is 0.733. The Morgan fingerprint density at radius 1 is 1.35 bits per heavy atom. The lowest BCUT2D eigenvalue weighted by atomic mass is 10.0. The molecule has 20 heavy (non-hydrogen) atoms. The highest BCUT2D eigenvalue weighted by Crippen LogP contribution is 2.28. The van der Waals surface area contributed by atoms with Crippen LogP contribution >= 0.6 is 15.9 Å². The van der Waals surface area contributed by atoms with Gasteiger partial charge in [-0.25, -0.2) is 8.78 Å². The molecule has 1 atom stereocenters. The average molecular weight is 345 g/mol. The maximum absolute atomic E-state index is 13.6. The van der Waals surface area contributed by atoms with E-state index < -0.39 is 17.7 Å². The van der Waals surface area contributed by atoms with E-state index >= 15 is 0 Å². The molecule has 0 amide bonds. The van der Waals surface area contributed by atoms with Crippen LogP contribution in [0.4, 0.5) is 8.78 Å². The van der Waals surface area contributed by atoms with E-state index in [4.69, 9.17) is 0 Å². The molecule has 1 aromatic heterocycles. The normalized spacial score (nSPS) is 12.9. The smallest absolute Gasteiger partial charge is 0.129 e. The summed E-state index contributed by atoms with van der Waals surface area (Å²) in [7, 11) is 0. The van der Waals surface area contributed by atoms with Crippen LogP contribution < -0.4 is 0 Å². The molecule has 0 aliphatic heterocycles. The fourth-order valence-electron chi connectivity index (χ4n) is 2.07. The summed E-state index contributed by atoms with van der Waals surface area (Å²) in [6, 6.07) is 3.42. The molecule has 2 aromatic rings. The molecule has 0 saturated carbocycles. The molecule has 2 rings (SSSR count). The van der Waals surface area contributed by atoms with Gasteiger partial charge >= 0.3 is 0 Å². The van der Waals surface area contributed by atoms with Gasteiger partial charge in [-0.3, -0.25) is 4.68 Å². The van der Waals surface area contributed by atoms with Crippen molar-refractivity contribution in [2.45, 2.75) is 32.4 Å². The van der Waals surface area contributed by atoms with Gasteiger partial charge < -0.3 is 5.11 Å². The molecule has 1 unspecified atom stereocenters. The van der Waals surface area contributed by atoms with Crippen molar-refractivity contribution in [3.8, 4) is 0 Å². The van der Waals surface area contributed by atoms with Gasteiger partial charge in [-0.2, -0.15) is 5.10 Å². The molecule has 0 saturated heterocycles. The maximum Gasteiger partial charge on any atom is 0.129 e. The summed E-state index contributed by atoms with van der Waals surface area (Å²) >= 11 is 3.33. The number of hydrogen-bond acceptors (Lipinski definition) is 2. The van der Waals surface area contributed by atoms with Gasteiger partial charge in [0.2, 0.25) is 0 Å². The predicted octanol–water partition coefficient (Wildman–Crippen LogP) is 3.78. The SMILES string of the molecule is CC(C)n1ncc(Br)c1C(O)Cc1ccc(F)cc1F. The van der Waals surface area contributed by atoms with Crippen molar-refractivity contribution >= 4 is 15.9 Å². The van der Waals surface area contributed by atoms with Gasteiger partial charge in [0.1, 0.15) is 17.7 Å². The zero-order valence-electron chi connectivity index (χ0n) is 11.1. The minimum absolute atomic E-state index is 0.0587. The molecule has 1 N–H and O–H groups in total. The summed E-state index contributed by atoms with van der Waals surface area (Å²) in [5, 5.41) is 14.5. The molecule has 3 nitrogen and oxygen atoms in total. The highest BCUT2D eigenvalue weighted by Gasteiger charge is 2.21. The summed E-state index contributed by atoms with van der Waals surface area (Å²) in [5.41, 5.74) is 0.853. The van der Waals surface area contributed by atoms with Crippen LogP contribution in [0.2, 0.25) is 0 Å². The number of aliphatic hydroxyl groups is 1. The van der Waals surface area contributed by atoms with Crippen LogP contribution in [0.5, 0.6) is 0 Å². The topological polar surface area (TPSA) is 38.0 Å². The van der Waals surface area contributed by atoms with E-state index in [1.165, 1.54) is 12.1 Å². The summed E-state index contributed by atoms with van der Waals surface area (Å²) in [6.45, 7) is 3.88. The van der Waals surface area contributed by atoms with Gasteiger partial charge in [-0.1, -0.05) is 6.07 Å². The molecule has 6 heteroatoms. The van der Waals surface area contributed by atoms with Crippen molar-refractivity contribution in [1.82, 2.24) is 9.78 Å². The van der Waals surface area contributed by atoms with Gasteiger partial charge in [-0.15, -0.1) is 0 Å². The number of rotatable bonds is 4. The number of hydrogen-bond donors (Lipinski definition) is 1. The van der Waals surface area contributed by atoms with Crippen LogP contribution in [0.3, 0.4) is 0 Å². The van der Waals surface area contributed by atoms with E-state index in [1.54, 1.807) is 10.9 Å². The van der Waals surface area contributed by atoms with Crippen LogP contribution in [0.15, 0.2) is 28.9 Å². The van der Waals surface area contributed by atoms with Crippen LogP contribution in [0, 0.1) is 11.6 Å². The van der Waals surface area contributed by atoms with Crippen molar-refractivity contribution in [2.75, 3.05) is 0 Å². The zero-order chi connectivity index (χ0) is 14.9. The third-order valence-electron chi connectivity index (χ3n) is 3.02. The molecule has 0 fully saturated rings. The van der Waals surface area contributed by atoms with Crippen molar-refractivity contribution in [2.24, 2.45) is 0 Å². The molecule has 0 radical (unpaired) electrons. The van der Waals surface area contributed by atoms with Gasteiger partial charge in [0, 0.05) is 18.5 Å². The summed E-state index contributed by atoms with van der Waals surface area (Å²) in [5.74, 6) is -1.29. The van der Waals surface area contributed by atoms with Gasteiger partial charge in [-0.05, 0) is 41.4 Å². The summed E-state index contributed by atoms with van der Waals surface area (Å²) in [4.78, 5) is 0. The van der Waals surface area contributed by atoms with Crippen molar-refractivity contribution < 1.29 is 13.9 Å². The lowest BCUT2D eigenvalue weighted by molar-refractivity contribution is 0.162. The van der Waals surface area contributed by atoms with Crippen LogP contribution in [-0.2, 0) is 6.42 Å².